The molecular formula is C13H24N2O4. The monoisotopic (exact) mass is 272 g/mol. The number of nitrogens with zero attached hydrogens (tertiary/aromatic N) is 1. The Kier molecular flexibility index (Phi) is 5.17. The summed E-state index contributed by atoms with van der Waals surface area (Å²) >= 11 is 0. The second-order valence-electron chi connectivity index (χ2n) is 5.99. The Balaban J connectivity index is 2.66. The van der Waals surface area contributed by atoms with Crippen LogP contribution in [0.15, 0.2) is 0 Å². The molecule has 2 atom stereocenters. The molecule has 110 valence electrons. The van der Waals surface area contributed by atoms with Gasteiger partial charge in [-0.3, -0.25) is 4.79 Å². The normalized spacial score (nSPS) is 24.7. The number of hydrogen-bond donors (Lipinski definition) is 2. The van der Waals surface area contributed by atoms with E-state index in [1.54, 1.807) is 4.90 Å². The van der Waals surface area contributed by atoms with Crippen LogP contribution in [0, 0.1) is 11.8 Å². The van der Waals surface area contributed by atoms with Gasteiger partial charge in [0.25, 0.3) is 0 Å². The van der Waals surface area contributed by atoms with E-state index in [1.165, 1.54) is 0 Å². The van der Waals surface area contributed by atoms with E-state index < -0.39 is 17.5 Å². The lowest BCUT2D eigenvalue weighted by atomic mass is 9.88. The van der Waals surface area contributed by atoms with E-state index >= 15 is 0 Å². The smallest absolute Gasteiger partial charge is 0.410 e. The third kappa shape index (κ3) is 4.70. The molecule has 1 amide bonds. The van der Waals surface area contributed by atoms with Crippen LogP contribution in [-0.2, 0) is 9.53 Å². The van der Waals surface area contributed by atoms with Crippen molar-refractivity contribution in [2.45, 2.75) is 39.2 Å². The SMILES string of the molecule is CC(C)(C)OC(=O)N1CCC(CN)C(C(=O)O)CC1. The summed E-state index contributed by atoms with van der Waals surface area (Å²) in [6.07, 6.45) is 0.651. The van der Waals surface area contributed by atoms with Gasteiger partial charge in [-0.25, -0.2) is 4.79 Å². The van der Waals surface area contributed by atoms with Crippen molar-refractivity contribution in [1.29, 1.82) is 0 Å². The molecule has 1 heterocycles. The predicted molar refractivity (Wildman–Crippen MR) is 70.7 cm³/mol. The van der Waals surface area contributed by atoms with Crippen LogP contribution < -0.4 is 5.73 Å². The number of carbonyl (C=O) groups excluding carboxylic acids is 1. The third-order valence-electron chi connectivity index (χ3n) is 3.32. The predicted octanol–water partition coefficient (Wildman–Crippen LogP) is 1.29. The average Bonchev–Trinajstić information content (AvgIpc) is 2.48. The van der Waals surface area contributed by atoms with E-state index in [-0.39, 0.29) is 12.0 Å². The minimum atomic E-state index is -0.832. The maximum atomic E-state index is 12.0. The van der Waals surface area contributed by atoms with Gasteiger partial charge in [-0.15, -0.1) is 0 Å². The van der Waals surface area contributed by atoms with E-state index in [9.17, 15) is 14.7 Å². The Morgan fingerprint density at radius 1 is 1.32 bits per heavy atom. The standard InChI is InChI=1S/C13H24N2O4/c1-13(2,3)19-12(18)15-6-4-9(8-14)10(5-7-15)11(16)17/h9-10H,4-8,14H2,1-3H3,(H,16,17). The van der Waals surface area contributed by atoms with E-state index in [0.29, 0.717) is 32.5 Å². The molecule has 1 aliphatic rings. The molecule has 6 heteroatoms. The summed E-state index contributed by atoms with van der Waals surface area (Å²) < 4.78 is 5.31. The van der Waals surface area contributed by atoms with Gasteiger partial charge in [0, 0.05) is 13.1 Å². The summed E-state index contributed by atoms with van der Waals surface area (Å²) in [5, 5.41) is 9.19. The average molecular weight is 272 g/mol. The molecule has 0 aromatic heterocycles. The molecular weight excluding hydrogens is 248 g/mol. The van der Waals surface area contributed by atoms with Gasteiger partial charge in [0.1, 0.15) is 5.60 Å². The van der Waals surface area contributed by atoms with Crippen molar-refractivity contribution in [3.05, 3.63) is 0 Å². The minimum absolute atomic E-state index is 0.0788. The molecule has 0 aromatic rings. The Hall–Kier alpha value is -1.30. The number of carboxylic acid groups (broad SMARTS) is 1. The van der Waals surface area contributed by atoms with E-state index in [1.807, 2.05) is 20.8 Å². The molecule has 1 saturated heterocycles. The van der Waals surface area contributed by atoms with Gasteiger partial charge in [0.05, 0.1) is 5.92 Å². The minimum Gasteiger partial charge on any atom is -0.481 e. The molecule has 0 aromatic carbocycles. The van der Waals surface area contributed by atoms with Gasteiger partial charge >= 0.3 is 12.1 Å². The summed E-state index contributed by atoms with van der Waals surface area (Å²) in [4.78, 5) is 24.7. The van der Waals surface area contributed by atoms with Crippen LogP contribution in [0.1, 0.15) is 33.6 Å². The van der Waals surface area contributed by atoms with Crippen LogP contribution in [-0.4, -0.2) is 47.3 Å². The maximum Gasteiger partial charge on any atom is 0.410 e. The zero-order valence-corrected chi connectivity index (χ0v) is 11.9. The number of amides is 1. The number of likely N-dealkylation sites (tertiary alicyclic amines) is 1. The second-order valence-corrected chi connectivity index (χ2v) is 5.99. The van der Waals surface area contributed by atoms with Crippen molar-refractivity contribution in [2.75, 3.05) is 19.6 Å². The van der Waals surface area contributed by atoms with E-state index in [4.69, 9.17) is 10.5 Å². The number of rotatable bonds is 2. The highest BCUT2D eigenvalue weighted by Gasteiger charge is 2.33. The maximum absolute atomic E-state index is 12.0. The topological polar surface area (TPSA) is 92.9 Å². The van der Waals surface area contributed by atoms with Gasteiger partial charge in [-0.05, 0) is 46.1 Å². The van der Waals surface area contributed by atoms with Crippen LogP contribution in [0.5, 0.6) is 0 Å². The van der Waals surface area contributed by atoms with E-state index in [0.717, 1.165) is 0 Å². The van der Waals surface area contributed by atoms with Gasteiger partial charge in [-0.1, -0.05) is 0 Å². The molecule has 0 saturated carbocycles. The Bertz CT molecular complexity index is 338. The fourth-order valence-corrected chi connectivity index (χ4v) is 2.28. The highest BCUT2D eigenvalue weighted by molar-refractivity contribution is 5.71. The van der Waals surface area contributed by atoms with Crippen LogP contribution in [0.2, 0.25) is 0 Å². The molecule has 2 unspecified atom stereocenters. The molecule has 0 spiro atoms. The molecule has 6 nitrogen and oxygen atoms in total. The van der Waals surface area contributed by atoms with E-state index in [2.05, 4.69) is 0 Å². The zero-order chi connectivity index (χ0) is 14.6. The number of ether oxygens (including phenoxy) is 1. The second kappa shape index (κ2) is 6.23. The van der Waals surface area contributed by atoms with Gasteiger partial charge in [-0.2, -0.15) is 0 Å². The lowest BCUT2D eigenvalue weighted by Gasteiger charge is -2.26. The first kappa shape index (κ1) is 15.8. The number of carbonyl (C=O) groups is 2. The van der Waals surface area contributed by atoms with Crippen LogP contribution in [0.4, 0.5) is 4.79 Å². The highest BCUT2D eigenvalue weighted by Crippen LogP contribution is 2.24. The van der Waals surface area contributed by atoms with Crippen LogP contribution in [0.25, 0.3) is 0 Å². The zero-order valence-electron chi connectivity index (χ0n) is 11.9. The fourth-order valence-electron chi connectivity index (χ4n) is 2.28. The lowest BCUT2D eigenvalue weighted by Crippen LogP contribution is -2.37. The summed E-state index contributed by atoms with van der Waals surface area (Å²) in [7, 11) is 0. The van der Waals surface area contributed by atoms with Gasteiger partial charge < -0.3 is 20.5 Å². The van der Waals surface area contributed by atoms with Crippen LogP contribution in [0.3, 0.4) is 0 Å². The Labute approximate surface area is 113 Å². The van der Waals surface area contributed by atoms with Gasteiger partial charge in [0.2, 0.25) is 0 Å². The van der Waals surface area contributed by atoms with Crippen molar-refractivity contribution < 1.29 is 19.4 Å². The third-order valence-corrected chi connectivity index (χ3v) is 3.32. The first-order chi connectivity index (χ1) is 8.74. The fraction of sp³-hybridized carbons (Fsp3) is 0.846. The van der Waals surface area contributed by atoms with Crippen LogP contribution >= 0.6 is 0 Å². The van der Waals surface area contributed by atoms with Crippen molar-refractivity contribution in [1.82, 2.24) is 4.90 Å². The van der Waals surface area contributed by atoms with Crippen molar-refractivity contribution >= 4 is 12.1 Å². The molecule has 0 radical (unpaired) electrons. The van der Waals surface area contributed by atoms with Crippen molar-refractivity contribution in [3.63, 3.8) is 0 Å². The largest absolute Gasteiger partial charge is 0.481 e. The molecule has 1 fully saturated rings. The number of nitrogens with two attached hydrogens (primary N) is 1. The first-order valence-electron chi connectivity index (χ1n) is 6.65. The van der Waals surface area contributed by atoms with Gasteiger partial charge in [0.15, 0.2) is 0 Å². The highest BCUT2D eigenvalue weighted by atomic mass is 16.6. The van der Waals surface area contributed by atoms with Crippen molar-refractivity contribution in [2.24, 2.45) is 17.6 Å². The Morgan fingerprint density at radius 3 is 2.37 bits per heavy atom. The summed E-state index contributed by atoms with van der Waals surface area (Å²) in [6, 6.07) is 0. The lowest BCUT2D eigenvalue weighted by molar-refractivity contribution is -0.143. The number of aliphatic carboxylic acids is 1. The first-order valence-corrected chi connectivity index (χ1v) is 6.65. The Morgan fingerprint density at radius 2 is 1.89 bits per heavy atom. The summed E-state index contributed by atoms with van der Waals surface area (Å²) in [5.41, 5.74) is 5.09. The number of carboxylic acids is 1. The quantitative estimate of drug-likeness (QED) is 0.790. The molecule has 0 aliphatic carbocycles. The van der Waals surface area contributed by atoms with Crippen molar-refractivity contribution in [3.8, 4) is 0 Å². The molecule has 19 heavy (non-hydrogen) atoms. The molecule has 1 rings (SSSR count). The summed E-state index contributed by atoms with van der Waals surface area (Å²) in [6.45, 7) is 6.67. The summed E-state index contributed by atoms with van der Waals surface area (Å²) in [5.74, 6) is -1.39. The molecule has 3 N–H and O–H groups in total. The molecule has 0 bridgehead atoms. The number of hydrogen-bond acceptors (Lipinski definition) is 4. The molecule has 1 aliphatic heterocycles.